The van der Waals surface area contributed by atoms with Crippen molar-refractivity contribution in [2.45, 2.75) is 25.4 Å². The molecule has 0 bridgehead atoms. The third kappa shape index (κ3) is 2.95. The predicted octanol–water partition coefficient (Wildman–Crippen LogP) is 2.40. The SMILES string of the molecule is CN1CCC(N(C)Cc2ccc3nc(N)sc3c2)CC1. The van der Waals surface area contributed by atoms with Crippen LogP contribution in [0.1, 0.15) is 18.4 Å². The molecule has 20 heavy (non-hydrogen) atoms. The van der Waals surface area contributed by atoms with Crippen LogP contribution in [0.25, 0.3) is 10.2 Å². The minimum atomic E-state index is 0.654. The van der Waals surface area contributed by atoms with Crippen LogP contribution < -0.4 is 5.73 Å². The fourth-order valence-electron chi connectivity index (χ4n) is 2.94. The average Bonchev–Trinajstić information content (AvgIpc) is 2.78. The fourth-order valence-corrected chi connectivity index (χ4v) is 3.74. The summed E-state index contributed by atoms with van der Waals surface area (Å²) < 4.78 is 1.19. The van der Waals surface area contributed by atoms with E-state index in [0.29, 0.717) is 11.2 Å². The molecule has 1 aromatic carbocycles. The molecular formula is C15H22N4S. The molecular weight excluding hydrogens is 268 g/mol. The van der Waals surface area contributed by atoms with Gasteiger partial charge in [0.15, 0.2) is 5.13 Å². The monoisotopic (exact) mass is 290 g/mol. The summed E-state index contributed by atoms with van der Waals surface area (Å²) in [5.41, 5.74) is 8.13. The molecule has 1 fully saturated rings. The molecule has 0 amide bonds. The van der Waals surface area contributed by atoms with Gasteiger partial charge in [0, 0.05) is 12.6 Å². The number of likely N-dealkylation sites (tertiary alicyclic amines) is 1. The van der Waals surface area contributed by atoms with Gasteiger partial charge in [-0.05, 0) is 57.7 Å². The van der Waals surface area contributed by atoms with Gasteiger partial charge in [-0.15, -0.1) is 0 Å². The topological polar surface area (TPSA) is 45.4 Å². The first kappa shape index (κ1) is 13.8. The van der Waals surface area contributed by atoms with Crippen molar-refractivity contribution in [3.63, 3.8) is 0 Å². The first-order chi connectivity index (χ1) is 9.61. The number of thiazole rings is 1. The van der Waals surface area contributed by atoms with Gasteiger partial charge in [0.1, 0.15) is 0 Å². The lowest BCUT2D eigenvalue weighted by atomic mass is 10.0. The molecule has 2 N–H and O–H groups in total. The Morgan fingerprint density at radius 3 is 2.90 bits per heavy atom. The third-order valence-electron chi connectivity index (χ3n) is 4.21. The van der Waals surface area contributed by atoms with Gasteiger partial charge in [-0.2, -0.15) is 0 Å². The lowest BCUT2D eigenvalue weighted by molar-refractivity contribution is 0.139. The summed E-state index contributed by atoms with van der Waals surface area (Å²) in [7, 11) is 4.44. The molecule has 3 rings (SSSR count). The number of benzene rings is 1. The highest BCUT2D eigenvalue weighted by molar-refractivity contribution is 7.22. The molecule has 1 aliphatic rings. The molecule has 1 aliphatic heterocycles. The Morgan fingerprint density at radius 1 is 1.40 bits per heavy atom. The van der Waals surface area contributed by atoms with Crippen LogP contribution in [0.5, 0.6) is 0 Å². The molecule has 0 aliphatic carbocycles. The Labute approximate surface area is 124 Å². The van der Waals surface area contributed by atoms with E-state index in [-0.39, 0.29) is 0 Å². The zero-order valence-electron chi connectivity index (χ0n) is 12.2. The molecule has 0 atom stereocenters. The smallest absolute Gasteiger partial charge is 0.181 e. The second kappa shape index (κ2) is 5.68. The molecule has 2 aromatic rings. The van der Waals surface area contributed by atoms with Crippen LogP contribution in [0.4, 0.5) is 5.13 Å². The third-order valence-corrected chi connectivity index (χ3v) is 5.06. The Kier molecular flexibility index (Phi) is 3.92. The number of anilines is 1. The summed E-state index contributed by atoms with van der Waals surface area (Å²) >= 11 is 1.57. The molecule has 108 valence electrons. The van der Waals surface area contributed by atoms with Gasteiger partial charge in [-0.3, -0.25) is 4.90 Å². The normalized spacial score (nSPS) is 18.1. The number of piperidine rings is 1. The van der Waals surface area contributed by atoms with Crippen molar-refractivity contribution in [2.75, 3.05) is 32.9 Å². The lowest BCUT2D eigenvalue weighted by Gasteiger charge is -2.35. The Bertz CT molecular complexity index is 587. The minimum absolute atomic E-state index is 0.654. The van der Waals surface area contributed by atoms with Gasteiger partial charge in [-0.1, -0.05) is 17.4 Å². The van der Waals surface area contributed by atoms with Crippen LogP contribution in [0.3, 0.4) is 0 Å². The Morgan fingerprint density at radius 2 is 2.15 bits per heavy atom. The van der Waals surface area contributed by atoms with Gasteiger partial charge >= 0.3 is 0 Å². The van der Waals surface area contributed by atoms with E-state index in [0.717, 1.165) is 12.1 Å². The molecule has 0 spiro atoms. The van der Waals surface area contributed by atoms with Gasteiger partial charge < -0.3 is 10.6 Å². The van der Waals surface area contributed by atoms with E-state index in [1.54, 1.807) is 11.3 Å². The molecule has 0 unspecified atom stereocenters. The zero-order valence-corrected chi connectivity index (χ0v) is 13.0. The van der Waals surface area contributed by atoms with Crippen LogP contribution in [-0.2, 0) is 6.54 Å². The van der Waals surface area contributed by atoms with E-state index in [9.17, 15) is 0 Å². The molecule has 0 radical (unpaired) electrons. The molecule has 4 nitrogen and oxygen atoms in total. The Balaban J connectivity index is 1.68. The van der Waals surface area contributed by atoms with E-state index in [2.05, 4.69) is 47.1 Å². The zero-order chi connectivity index (χ0) is 14.1. The van der Waals surface area contributed by atoms with Crippen molar-refractivity contribution >= 4 is 26.7 Å². The van der Waals surface area contributed by atoms with Crippen LogP contribution in [-0.4, -0.2) is 48.0 Å². The first-order valence-electron chi connectivity index (χ1n) is 7.15. The van der Waals surface area contributed by atoms with Gasteiger partial charge in [0.05, 0.1) is 10.2 Å². The largest absolute Gasteiger partial charge is 0.375 e. The quantitative estimate of drug-likeness (QED) is 0.943. The van der Waals surface area contributed by atoms with Crippen molar-refractivity contribution in [3.05, 3.63) is 23.8 Å². The van der Waals surface area contributed by atoms with E-state index in [4.69, 9.17) is 5.73 Å². The standard InChI is InChI=1S/C15H22N4S/c1-18-7-5-12(6-8-18)19(2)10-11-3-4-13-14(9-11)20-15(16)17-13/h3-4,9,12H,5-8,10H2,1-2H3,(H2,16,17). The van der Waals surface area contributed by atoms with Gasteiger partial charge in [-0.25, -0.2) is 4.98 Å². The number of fused-ring (bicyclic) bond motifs is 1. The lowest BCUT2D eigenvalue weighted by Crippen LogP contribution is -2.41. The van der Waals surface area contributed by atoms with Crippen molar-refractivity contribution in [1.29, 1.82) is 0 Å². The number of nitrogens with two attached hydrogens (primary N) is 1. The molecule has 5 heteroatoms. The fraction of sp³-hybridized carbons (Fsp3) is 0.533. The summed E-state index contributed by atoms with van der Waals surface area (Å²) in [5, 5.41) is 0.654. The predicted molar refractivity (Wildman–Crippen MR) is 86.0 cm³/mol. The number of hydrogen-bond acceptors (Lipinski definition) is 5. The van der Waals surface area contributed by atoms with Gasteiger partial charge in [0.25, 0.3) is 0 Å². The first-order valence-corrected chi connectivity index (χ1v) is 7.97. The summed E-state index contributed by atoms with van der Waals surface area (Å²) in [5.74, 6) is 0. The highest BCUT2D eigenvalue weighted by atomic mass is 32.1. The van der Waals surface area contributed by atoms with Crippen molar-refractivity contribution in [1.82, 2.24) is 14.8 Å². The maximum atomic E-state index is 5.76. The van der Waals surface area contributed by atoms with E-state index < -0.39 is 0 Å². The number of nitrogens with zero attached hydrogens (tertiary/aromatic N) is 3. The molecule has 1 saturated heterocycles. The second-order valence-electron chi connectivity index (χ2n) is 5.80. The number of hydrogen-bond donors (Lipinski definition) is 1. The number of aromatic nitrogens is 1. The minimum Gasteiger partial charge on any atom is -0.375 e. The Hall–Kier alpha value is -1.17. The molecule has 1 aromatic heterocycles. The summed E-state index contributed by atoms with van der Waals surface area (Å²) in [6.45, 7) is 3.42. The van der Waals surface area contributed by atoms with Crippen molar-refractivity contribution in [3.8, 4) is 0 Å². The summed E-state index contributed by atoms with van der Waals surface area (Å²) in [4.78, 5) is 9.21. The van der Waals surface area contributed by atoms with Crippen LogP contribution in [0, 0.1) is 0 Å². The maximum absolute atomic E-state index is 5.76. The average molecular weight is 290 g/mol. The van der Waals surface area contributed by atoms with E-state index >= 15 is 0 Å². The molecule has 0 saturated carbocycles. The van der Waals surface area contributed by atoms with E-state index in [1.165, 1.54) is 36.2 Å². The maximum Gasteiger partial charge on any atom is 0.181 e. The van der Waals surface area contributed by atoms with Crippen LogP contribution in [0.2, 0.25) is 0 Å². The van der Waals surface area contributed by atoms with Crippen LogP contribution in [0.15, 0.2) is 18.2 Å². The summed E-state index contributed by atoms with van der Waals surface area (Å²) in [6, 6.07) is 7.19. The second-order valence-corrected chi connectivity index (χ2v) is 6.87. The number of rotatable bonds is 3. The highest BCUT2D eigenvalue weighted by Crippen LogP contribution is 2.25. The number of nitrogen functional groups attached to an aromatic ring is 1. The summed E-state index contributed by atoms with van der Waals surface area (Å²) in [6.07, 6.45) is 2.53. The van der Waals surface area contributed by atoms with E-state index in [1.807, 2.05) is 0 Å². The van der Waals surface area contributed by atoms with Gasteiger partial charge in [0.2, 0.25) is 0 Å². The van der Waals surface area contributed by atoms with Crippen LogP contribution >= 0.6 is 11.3 Å². The highest BCUT2D eigenvalue weighted by Gasteiger charge is 2.20. The van der Waals surface area contributed by atoms with Crippen molar-refractivity contribution < 1.29 is 0 Å². The molecule has 2 heterocycles. The van der Waals surface area contributed by atoms with Crippen molar-refractivity contribution in [2.24, 2.45) is 0 Å².